The van der Waals surface area contributed by atoms with Gasteiger partial charge in [0.25, 0.3) is 0 Å². The standard InChI is InChI=1S/C22H25NO5.C19H20O3.C17H23NO5/c1-4-22(2,3)20(25)27-15-14-23-21(26)28-18-12-10-17(11-13-18)19(24)16-8-6-5-7-9-16;1-4-19(2,3)18(21)22-16-12-10-15(11-13-16)17(20)14-8-6-5-7-9-14;1-5-17(3,4)15(20)22-11-10-18-16(21)23-14-8-6-13(7-9-14)12(2)19/h5-13H,4,14-15H2,1-3H3,(H,23,26);5-13H,4H2,1-3H3;6-9H,5,10-11H2,1-4H3,(H,18,21). The van der Waals surface area contributed by atoms with E-state index in [1.165, 1.54) is 6.92 Å². The second-order valence-corrected chi connectivity index (χ2v) is 18.5. The van der Waals surface area contributed by atoms with E-state index < -0.39 is 28.4 Å². The summed E-state index contributed by atoms with van der Waals surface area (Å²) in [4.78, 5) is 94.7. The highest BCUT2D eigenvalue weighted by molar-refractivity contribution is 6.09. The maximum atomic E-state index is 12.3. The van der Waals surface area contributed by atoms with Crippen LogP contribution >= 0.6 is 0 Å². The van der Waals surface area contributed by atoms with Crippen molar-refractivity contribution in [1.82, 2.24) is 10.6 Å². The van der Waals surface area contributed by atoms with E-state index in [1.807, 2.05) is 86.6 Å². The maximum Gasteiger partial charge on any atom is 0.412 e. The molecule has 2 N–H and O–H groups in total. The first kappa shape index (κ1) is 59.4. The average Bonchev–Trinajstić information content (AvgIpc) is 3.39. The molecule has 73 heavy (non-hydrogen) atoms. The van der Waals surface area contributed by atoms with Gasteiger partial charge >= 0.3 is 30.1 Å². The van der Waals surface area contributed by atoms with Crippen LogP contribution in [0.3, 0.4) is 0 Å². The van der Waals surface area contributed by atoms with Crippen LogP contribution in [0, 0.1) is 16.2 Å². The number of ether oxygens (including phenoxy) is 5. The fourth-order valence-corrected chi connectivity index (χ4v) is 5.57. The fraction of sp³-hybridized carbons (Fsp3) is 0.345. The highest BCUT2D eigenvalue weighted by Gasteiger charge is 2.29. The minimum atomic E-state index is -0.659. The topological polar surface area (TPSA) is 207 Å². The van der Waals surface area contributed by atoms with Crippen LogP contribution in [0.4, 0.5) is 9.59 Å². The molecule has 5 aromatic carbocycles. The number of Topliss-reactive ketones (excluding diaryl/α,β-unsaturated/α-hetero) is 1. The zero-order chi connectivity index (χ0) is 54.2. The molecule has 0 heterocycles. The number of carbonyl (C=O) groups is 8. The van der Waals surface area contributed by atoms with E-state index in [1.54, 1.807) is 109 Å². The quantitative estimate of drug-likeness (QED) is 0.0322. The highest BCUT2D eigenvalue weighted by atomic mass is 16.6. The molecule has 0 aliphatic heterocycles. The number of rotatable bonds is 20. The van der Waals surface area contributed by atoms with Crippen molar-refractivity contribution in [2.45, 2.75) is 88.5 Å². The first-order chi connectivity index (χ1) is 34.5. The third-order valence-electron chi connectivity index (χ3n) is 11.7. The van der Waals surface area contributed by atoms with Crippen LogP contribution in [0.5, 0.6) is 17.2 Å². The molecule has 0 aliphatic carbocycles. The van der Waals surface area contributed by atoms with Crippen molar-refractivity contribution in [2.24, 2.45) is 16.2 Å². The summed E-state index contributed by atoms with van der Waals surface area (Å²) < 4.78 is 25.8. The lowest BCUT2D eigenvalue weighted by atomic mass is 9.91. The van der Waals surface area contributed by atoms with Crippen molar-refractivity contribution in [1.29, 1.82) is 0 Å². The molecule has 5 rings (SSSR count). The summed E-state index contributed by atoms with van der Waals surface area (Å²) >= 11 is 0. The Morgan fingerprint density at radius 1 is 0.384 bits per heavy atom. The molecule has 0 bridgehead atoms. The van der Waals surface area contributed by atoms with Gasteiger partial charge in [0.1, 0.15) is 30.5 Å². The summed E-state index contributed by atoms with van der Waals surface area (Å²) in [6, 6.07) is 37.2. The van der Waals surface area contributed by atoms with Gasteiger partial charge in [-0.25, -0.2) is 9.59 Å². The Balaban J connectivity index is 0.000000292. The van der Waals surface area contributed by atoms with Gasteiger partial charge in [-0.1, -0.05) is 81.4 Å². The molecule has 0 atom stereocenters. The third kappa shape index (κ3) is 20.0. The van der Waals surface area contributed by atoms with Gasteiger partial charge in [0.2, 0.25) is 0 Å². The van der Waals surface area contributed by atoms with Crippen molar-refractivity contribution in [3.63, 3.8) is 0 Å². The van der Waals surface area contributed by atoms with E-state index in [2.05, 4.69) is 10.6 Å². The minimum Gasteiger partial charge on any atom is -0.463 e. The summed E-state index contributed by atoms with van der Waals surface area (Å²) in [6.07, 6.45) is 0.747. The Hall–Kier alpha value is -7.94. The van der Waals surface area contributed by atoms with E-state index in [0.29, 0.717) is 64.3 Å². The van der Waals surface area contributed by atoms with Crippen LogP contribution in [0.2, 0.25) is 0 Å². The van der Waals surface area contributed by atoms with Gasteiger partial charge in [0.15, 0.2) is 17.3 Å². The lowest BCUT2D eigenvalue weighted by Crippen LogP contribution is -2.33. The molecule has 0 saturated carbocycles. The van der Waals surface area contributed by atoms with Gasteiger partial charge in [0.05, 0.1) is 29.3 Å². The van der Waals surface area contributed by atoms with E-state index in [9.17, 15) is 38.4 Å². The first-order valence-corrected chi connectivity index (χ1v) is 24.0. The van der Waals surface area contributed by atoms with Crippen LogP contribution in [0.15, 0.2) is 133 Å². The zero-order valence-corrected chi connectivity index (χ0v) is 43.5. The fourth-order valence-electron chi connectivity index (χ4n) is 5.57. The third-order valence-corrected chi connectivity index (χ3v) is 11.7. The molecule has 0 spiro atoms. The van der Waals surface area contributed by atoms with Gasteiger partial charge in [-0.2, -0.15) is 0 Å². The summed E-state index contributed by atoms with van der Waals surface area (Å²) in [5.74, 6) is 0.0218. The van der Waals surface area contributed by atoms with E-state index in [4.69, 9.17) is 23.7 Å². The SMILES string of the molecule is CCC(C)(C)C(=O)OCCNC(=O)Oc1ccc(C(=O)c2ccccc2)cc1.CCC(C)(C)C(=O)OCCNC(=O)Oc1ccc(C(C)=O)cc1.CCC(C)(C)C(=O)Oc1ccc(C(=O)c2ccccc2)cc1. The van der Waals surface area contributed by atoms with Gasteiger partial charge in [-0.15, -0.1) is 0 Å². The van der Waals surface area contributed by atoms with E-state index >= 15 is 0 Å². The van der Waals surface area contributed by atoms with Crippen molar-refractivity contribution >= 4 is 47.4 Å². The van der Waals surface area contributed by atoms with Crippen LogP contribution in [0.25, 0.3) is 0 Å². The number of esters is 3. The molecule has 15 nitrogen and oxygen atoms in total. The molecular formula is C58H68N2O13. The zero-order valence-electron chi connectivity index (χ0n) is 43.5. The van der Waals surface area contributed by atoms with Gasteiger partial charge in [0, 0.05) is 27.8 Å². The summed E-state index contributed by atoms with van der Waals surface area (Å²) in [5, 5.41) is 5.00. The molecular weight excluding hydrogens is 933 g/mol. The van der Waals surface area contributed by atoms with Crippen molar-refractivity contribution in [2.75, 3.05) is 26.3 Å². The predicted molar refractivity (Wildman–Crippen MR) is 277 cm³/mol. The molecule has 0 saturated heterocycles. The Morgan fingerprint density at radius 2 is 0.671 bits per heavy atom. The smallest absolute Gasteiger partial charge is 0.412 e. The molecule has 15 heteroatoms. The number of ketones is 3. The Bertz CT molecular complexity index is 2610. The van der Waals surface area contributed by atoms with Crippen LogP contribution in [-0.4, -0.2) is 73.7 Å². The normalized spacial score (nSPS) is 10.9. The second kappa shape index (κ2) is 28.8. The highest BCUT2D eigenvalue weighted by Crippen LogP contribution is 2.25. The molecule has 5 aromatic rings. The molecule has 0 aliphatic rings. The Morgan fingerprint density at radius 3 is 0.986 bits per heavy atom. The Labute approximate surface area is 428 Å². The van der Waals surface area contributed by atoms with Crippen LogP contribution in [-0.2, 0) is 23.9 Å². The van der Waals surface area contributed by atoms with E-state index in [-0.39, 0.29) is 61.6 Å². The number of amides is 2. The van der Waals surface area contributed by atoms with Gasteiger partial charge in [-0.05, 0) is 141 Å². The molecule has 0 radical (unpaired) electrons. The van der Waals surface area contributed by atoms with E-state index in [0.717, 1.165) is 0 Å². The number of hydrogen-bond acceptors (Lipinski definition) is 13. The minimum absolute atomic E-state index is 0.0487. The summed E-state index contributed by atoms with van der Waals surface area (Å²) in [7, 11) is 0. The van der Waals surface area contributed by atoms with Crippen molar-refractivity contribution in [3.05, 3.63) is 161 Å². The first-order valence-electron chi connectivity index (χ1n) is 24.0. The monoisotopic (exact) mass is 1000 g/mol. The molecule has 388 valence electrons. The van der Waals surface area contributed by atoms with Crippen molar-refractivity contribution < 1.29 is 62.0 Å². The lowest BCUT2D eigenvalue weighted by Gasteiger charge is -2.20. The van der Waals surface area contributed by atoms with Gasteiger partial charge < -0.3 is 34.3 Å². The molecule has 0 unspecified atom stereocenters. The lowest BCUT2D eigenvalue weighted by molar-refractivity contribution is -0.154. The average molecular weight is 1000 g/mol. The number of benzene rings is 5. The van der Waals surface area contributed by atoms with Crippen LogP contribution in [0.1, 0.15) is 131 Å². The summed E-state index contributed by atoms with van der Waals surface area (Å²) in [5.41, 5.74) is 1.26. The molecule has 0 aromatic heterocycles. The maximum absolute atomic E-state index is 12.3. The Kier molecular flexibility index (Phi) is 23.4. The number of hydrogen-bond donors (Lipinski definition) is 2. The molecule has 2 amide bonds. The molecule has 0 fully saturated rings. The second-order valence-electron chi connectivity index (χ2n) is 18.5. The predicted octanol–water partition coefficient (Wildman–Crippen LogP) is 11.2. The van der Waals surface area contributed by atoms with Gasteiger partial charge in [-0.3, -0.25) is 28.8 Å². The number of nitrogens with one attached hydrogen (secondary N) is 2. The van der Waals surface area contributed by atoms with Crippen LogP contribution < -0.4 is 24.8 Å². The largest absolute Gasteiger partial charge is 0.463 e. The summed E-state index contributed by atoms with van der Waals surface area (Å²) in [6.45, 7) is 18.6. The number of carbonyl (C=O) groups excluding carboxylic acids is 8. The van der Waals surface area contributed by atoms with Crippen molar-refractivity contribution in [3.8, 4) is 17.2 Å².